The number of anilines is 1. The van der Waals surface area contributed by atoms with Gasteiger partial charge in [0.15, 0.2) is 5.11 Å². The van der Waals surface area contributed by atoms with Crippen LogP contribution in [0, 0.1) is 0 Å². The van der Waals surface area contributed by atoms with Crippen LogP contribution in [0.5, 0.6) is 0 Å². The molecule has 4 heteroatoms. The zero-order valence-corrected chi connectivity index (χ0v) is 16.6. The van der Waals surface area contributed by atoms with Crippen LogP contribution in [0.2, 0.25) is 0 Å². The molecule has 0 unspecified atom stereocenters. The van der Waals surface area contributed by atoms with Crippen LogP contribution in [0.25, 0.3) is 0 Å². The van der Waals surface area contributed by atoms with E-state index in [-0.39, 0.29) is 0 Å². The fourth-order valence-corrected chi connectivity index (χ4v) is 3.88. The Bertz CT molecular complexity index is 691. The van der Waals surface area contributed by atoms with Crippen molar-refractivity contribution >= 4 is 23.0 Å². The summed E-state index contributed by atoms with van der Waals surface area (Å²) in [5.41, 5.74) is 3.77. The first kappa shape index (κ1) is 18.9. The smallest absolute Gasteiger partial charge is 0.171 e. The van der Waals surface area contributed by atoms with Crippen molar-refractivity contribution in [2.75, 3.05) is 25.0 Å². The molecule has 0 saturated carbocycles. The Morgan fingerprint density at radius 1 is 0.962 bits per heavy atom. The minimum atomic E-state index is 0.446. The number of quaternary nitrogens is 1. The summed E-state index contributed by atoms with van der Waals surface area (Å²) in [6, 6.07) is 19.8. The summed E-state index contributed by atoms with van der Waals surface area (Å²) < 4.78 is 0. The largest absolute Gasteiger partial charge is 0.356 e. The Morgan fingerprint density at radius 3 is 2.23 bits per heavy atom. The SMILES string of the molecule is CC(C)c1ccc(NC(=S)NC[C@@H](c2ccccc2)[NH+]2CCCC2)cc1. The van der Waals surface area contributed by atoms with Crippen LogP contribution in [0.15, 0.2) is 54.6 Å². The summed E-state index contributed by atoms with van der Waals surface area (Å²) in [5, 5.41) is 7.46. The average molecular weight is 369 g/mol. The maximum absolute atomic E-state index is 5.53. The van der Waals surface area contributed by atoms with Gasteiger partial charge in [0.1, 0.15) is 6.04 Å². The molecule has 1 heterocycles. The van der Waals surface area contributed by atoms with Gasteiger partial charge in [0, 0.05) is 24.1 Å². The van der Waals surface area contributed by atoms with Gasteiger partial charge < -0.3 is 15.5 Å². The van der Waals surface area contributed by atoms with E-state index in [0.717, 1.165) is 12.2 Å². The van der Waals surface area contributed by atoms with Crippen molar-refractivity contribution in [2.24, 2.45) is 0 Å². The highest BCUT2D eigenvalue weighted by Gasteiger charge is 2.27. The van der Waals surface area contributed by atoms with Crippen LogP contribution in [0.3, 0.4) is 0 Å². The molecule has 2 aromatic rings. The summed E-state index contributed by atoms with van der Waals surface area (Å²) >= 11 is 5.53. The van der Waals surface area contributed by atoms with E-state index in [0.29, 0.717) is 17.1 Å². The van der Waals surface area contributed by atoms with Gasteiger partial charge in [-0.25, -0.2) is 0 Å². The number of thiocarbonyl (C=S) groups is 1. The van der Waals surface area contributed by atoms with Crippen molar-refractivity contribution in [3.8, 4) is 0 Å². The lowest BCUT2D eigenvalue weighted by Crippen LogP contribution is -3.11. The number of benzene rings is 2. The molecule has 26 heavy (non-hydrogen) atoms. The maximum Gasteiger partial charge on any atom is 0.171 e. The molecule has 3 nitrogen and oxygen atoms in total. The van der Waals surface area contributed by atoms with E-state index in [9.17, 15) is 0 Å². The molecule has 0 bridgehead atoms. The zero-order valence-electron chi connectivity index (χ0n) is 15.8. The monoisotopic (exact) mass is 368 g/mol. The molecular weight excluding hydrogens is 338 g/mol. The van der Waals surface area contributed by atoms with E-state index < -0.39 is 0 Å². The van der Waals surface area contributed by atoms with Gasteiger partial charge in [-0.2, -0.15) is 0 Å². The van der Waals surface area contributed by atoms with Gasteiger partial charge in [-0.05, 0) is 35.8 Å². The summed E-state index contributed by atoms with van der Waals surface area (Å²) in [5.74, 6) is 0.546. The van der Waals surface area contributed by atoms with Crippen LogP contribution in [-0.2, 0) is 0 Å². The minimum Gasteiger partial charge on any atom is -0.356 e. The second-order valence-electron chi connectivity index (χ2n) is 7.44. The van der Waals surface area contributed by atoms with Crippen molar-refractivity contribution in [1.29, 1.82) is 0 Å². The molecule has 3 N–H and O–H groups in total. The molecule has 0 amide bonds. The van der Waals surface area contributed by atoms with Gasteiger partial charge >= 0.3 is 0 Å². The fourth-order valence-electron chi connectivity index (χ4n) is 3.68. The molecule has 2 aromatic carbocycles. The van der Waals surface area contributed by atoms with Crippen LogP contribution >= 0.6 is 12.2 Å². The highest BCUT2D eigenvalue weighted by molar-refractivity contribution is 7.80. The van der Waals surface area contributed by atoms with Gasteiger partial charge in [0.2, 0.25) is 0 Å². The normalized spacial score (nSPS) is 15.8. The summed E-state index contributed by atoms with van der Waals surface area (Å²) in [6.45, 7) is 7.77. The molecule has 3 rings (SSSR count). The first-order chi connectivity index (χ1) is 12.6. The molecule has 0 aromatic heterocycles. The molecule has 1 atom stereocenters. The topological polar surface area (TPSA) is 28.5 Å². The first-order valence-corrected chi connectivity index (χ1v) is 10.1. The van der Waals surface area contributed by atoms with Crippen molar-refractivity contribution < 1.29 is 4.90 Å². The van der Waals surface area contributed by atoms with Gasteiger partial charge in [-0.1, -0.05) is 56.3 Å². The lowest BCUT2D eigenvalue weighted by Gasteiger charge is -2.26. The highest BCUT2D eigenvalue weighted by atomic mass is 32.1. The zero-order chi connectivity index (χ0) is 18.4. The molecular formula is C22H30N3S+. The van der Waals surface area contributed by atoms with Crippen molar-refractivity contribution in [3.05, 3.63) is 65.7 Å². The number of nitrogens with one attached hydrogen (secondary N) is 3. The maximum atomic E-state index is 5.53. The third kappa shape index (κ3) is 5.05. The first-order valence-electron chi connectivity index (χ1n) is 9.68. The van der Waals surface area contributed by atoms with E-state index in [2.05, 4.69) is 79.1 Å². The fraction of sp³-hybridized carbons (Fsp3) is 0.409. The summed E-state index contributed by atoms with van der Waals surface area (Å²) in [6.07, 6.45) is 2.65. The number of likely N-dealkylation sites (tertiary alicyclic amines) is 1. The second-order valence-corrected chi connectivity index (χ2v) is 7.85. The van der Waals surface area contributed by atoms with E-state index >= 15 is 0 Å². The number of hydrogen-bond donors (Lipinski definition) is 3. The van der Waals surface area contributed by atoms with Gasteiger partial charge in [0.05, 0.1) is 19.6 Å². The van der Waals surface area contributed by atoms with Crippen molar-refractivity contribution in [3.63, 3.8) is 0 Å². The predicted octanol–water partition coefficient (Wildman–Crippen LogP) is 3.52. The lowest BCUT2D eigenvalue weighted by atomic mass is 10.0. The third-order valence-electron chi connectivity index (χ3n) is 5.24. The molecule has 138 valence electrons. The molecule has 1 aliphatic rings. The molecule has 1 saturated heterocycles. The van der Waals surface area contributed by atoms with Gasteiger partial charge in [-0.15, -0.1) is 0 Å². The standard InChI is InChI=1S/C22H29N3S/c1-17(2)18-10-12-20(13-11-18)24-22(26)23-16-21(25-14-6-7-15-25)19-8-4-3-5-9-19/h3-5,8-13,17,21H,6-7,14-16H2,1-2H3,(H2,23,24,26)/p+1/t21-/m0/s1. The molecule has 1 fully saturated rings. The molecule has 0 aliphatic carbocycles. The number of hydrogen-bond acceptors (Lipinski definition) is 1. The Hall–Kier alpha value is -1.91. The predicted molar refractivity (Wildman–Crippen MR) is 114 cm³/mol. The van der Waals surface area contributed by atoms with E-state index in [4.69, 9.17) is 12.2 Å². The Morgan fingerprint density at radius 2 is 1.62 bits per heavy atom. The Balaban J connectivity index is 1.58. The van der Waals surface area contributed by atoms with Gasteiger partial charge in [-0.3, -0.25) is 0 Å². The van der Waals surface area contributed by atoms with Crippen LogP contribution in [0.4, 0.5) is 5.69 Å². The third-order valence-corrected chi connectivity index (χ3v) is 5.49. The highest BCUT2D eigenvalue weighted by Crippen LogP contribution is 2.17. The van der Waals surface area contributed by atoms with Crippen molar-refractivity contribution in [1.82, 2.24) is 5.32 Å². The van der Waals surface area contributed by atoms with Crippen LogP contribution in [-0.4, -0.2) is 24.7 Å². The lowest BCUT2D eigenvalue weighted by molar-refractivity contribution is -0.918. The molecule has 0 radical (unpaired) electrons. The van der Waals surface area contributed by atoms with Crippen LogP contribution < -0.4 is 15.5 Å². The van der Waals surface area contributed by atoms with Crippen LogP contribution in [0.1, 0.15) is 49.8 Å². The Kier molecular flexibility index (Phi) is 6.64. The quantitative estimate of drug-likeness (QED) is 0.682. The average Bonchev–Trinajstić information content (AvgIpc) is 3.17. The van der Waals surface area contributed by atoms with E-state index in [1.165, 1.54) is 37.1 Å². The summed E-state index contributed by atoms with van der Waals surface area (Å²) in [4.78, 5) is 1.66. The summed E-state index contributed by atoms with van der Waals surface area (Å²) in [7, 11) is 0. The molecule has 0 spiro atoms. The number of rotatable bonds is 6. The van der Waals surface area contributed by atoms with E-state index in [1.807, 2.05) is 0 Å². The van der Waals surface area contributed by atoms with Crippen molar-refractivity contribution in [2.45, 2.75) is 38.6 Å². The van der Waals surface area contributed by atoms with Gasteiger partial charge in [0.25, 0.3) is 0 Å². The minimum absolute atomic E-state index is 0.446. The molecule has 1 aliphatic heterocycles. The Labute approximate surface area is 162 Å². The van der Waals surface area contributed by atoms with E-state index in [1.54, 1.807) is 4.90 Å². The second kappa shape index (κ2) is 9.15.